The molecule has 0 unspecified atom stereocenters. The monoisotopic (exact) mass is 568 g/mol. The van der Waals surface area contributed by atoms with Crippen LogP contribution in [0.4, 0.5) is 0 Å². The molecule has 15 heteroatoms. The number of H-pyrrole nitrogens is 2. The summed E-state index contributed by atoms with van der Waals surface area (Å²) in [6.07, 6.45) is 7.82. The molecule has 37 heavy (non-hydrogen) atoms. The lowest BCUT2D eigenvalue weighted by atomic mass is 9.85. The van der Waals surface area contributed by atoms with Crippen molar-refractivity contribution in [2.75, 3.05) is 0 Å². The Morgan fingerprint density at radius 1 is 0.838 bits per heavy atom. The second kappa shape index (κ2) is 8.92. The number of alkyl halides is 2. The minimum absolute atomic E-state index is 0.0158. The van der Waals surface area contributed by atoms with Gasteiger partial charge >= 0.3 is 0 Å². The van der Waals surface area contributed by atoms with Gasteiger partial charge in [-0.05, 0) is 38.8 Å². The van der Waals surface area contributed by atoms with Crippen molar-refractivity contribution < 1.29 is 18.3 Å². The van der Waals surface area contributed by atoms with Crippen molar-refractivity contribution in [2.24, 2.45) is 0 Å². The molecule has 2 aromatic heterocycles. The van der Waals surface area contributed by atoms with Gasteiger partial charge in [0.15, 0.2) is 9.84 Å². The summed E-state index contributed by atoms with van der Waals surface area (Å²) in [6.45, 7) is 5.63. The van der Waals surface area contributed by atoms with Gasteiger partial charge in [-0.3, -0.25) is 20.2 Å². The van der Waals surface area contributed by atoms with Crippen LogP contribution in [0.2, 0.25) is 0 Å². The molecule has 0 amide bonds. The lowest BCUT2D eigenvalue weighted by Gasteiger charge is -2.46. The first-order chi connectivity index (χ1) is 17.2. The number of allylic oxidation sites excluding steroid dienone is 4. The normalized spacial score (nSPS) is 28.7. The van der Waals surface area contributed by atoms with E-state index in [-0.39, 0.29) is 33.9 Å². The van der Waals surface area contributed by atoms with Crippen LogP contribution in [0.25, 0.3) is 11.1 Å². The maximum absolute atomic E-state index is 14.7. The Morgan fingerprint density at radius 3 is 1.46 bits per heavy atom. The van der Waals surface area contributed by atoms with Crippen molar-refractivity contribution in [1.82, 2.24) is 19.9 Å². The van der Waals surface area contributed by atoms with Crippen LogP contribution in [0.3, 0.4) is 0 Å². The number of hydrogen-bond donors (Lipinski definition) is 2. The Kier molecular flexibility index (Phi) is 6.46. The molecule has 4 atom stereocenters. The first-order valence-electron chi connectivity index (χ1n) is 10.9. The maximum Gasteiger partial charge on any atom is 0.277 e. The highest BCUT2D eigenvalue weighted by molar-refractivity contribution is 7.94. The van der Waals surface area contributed by atoms with Gasteiger partial charge in [-0.2, -0.15) is 0 Å². The molecule has 0 saturated heterocycles. The zero-order valence-corrected chi connectivity index (χ0v) is 22.3. The summed E-state index contributed by atoms with van der Waals surface area (Å²) in [5, 5.41) is 21.0. The first kappa shape index (κ1) is 26.8. The molecule has 2 N–H and O–H groups in total. The molecule has 12 nitrogen and oxygen atoms in total. The quantitative estimate of drug-likeness (QED) is 0.299. The lowest BCUT2D eigenvalue weighted by molar-refractivity contribution is -0.417. The molecule has 2 heterocycles. The van der Waals surface area contributed by atoms with E-state index in [4.69, 9.17) is 23.2 Å². The third-order valence-electron chi connectivity index (χ3n) is 7.39. The average Bonchev–Trinajstić information content (AvgIpc) is 3.54. The Bertz CT molecular complexity index is 1420. The number of nitrogens with one attached hydrogen (secondary N) is 2. The van der Waals surface area contributed by atoms with E-state index in [1.165, 1.54) is 52.5 Å². The Labute approximate surface area is 221 Å². The van der Waals surface area contributed by atoms with E-state index in [9.17, 15) is 28.6 Å². The second-order valence-corrected chi connectivity index (χ2v) is 12.7. The van der Waals surface area contributed by atoms with Crippen LogP contribution in [0.1, 0.15) is 39.3 Å². The van der Waals surface area contributed by atoms with E-state index in [1.54, 1.807) is 0 Å². The number of imidazole rings is 2. The van der Waals surface area contributed by atoms with Crippen LogP contribution in [-0.2, 0) is 9.84 Å². The smallest absolute Gasteiger partial charge is 0.277 e. The van der Waals surface area contributed by atoms with Crippen LogP contribution < -0.4 is 0 Å². The number of nitro groups is 2. The largest absolute Gasteiger partial charge is 0.344 e. The molecule has 196 valence electrons. The van der Waals surface area contributed by atoms with Crippen LogP contribution in [0, 0.1) is 20.2 Å². The van der Waals surface area contributed by atoms with Crippen molar-refractivity contribution in [1.29, 1.82) is 0 Å². The molecule has 0 spiro atoms. The van der Waals surface area contributed by atoms with Gasteiger partial charge in [0.1, 0.15) is 21.1 Å². The van der Waals surface area contributed by atoms with Gasteiger partial charge in [0.05, 0.1) is 31.7 Å². The lowest BCUT2D eigenvalue weighted by Crippen LogP contribution is -2.59. The van der Waals surface area contributed by atoms with Gasteiger partial charge in [-0.15, -0.1) is 23.2 Å². The van der Waals surface area contributed by atoms with Crippen LogP contribution in [0.15, 0.2) is 59.5 Å². The Morgan fingerprint density at radius 2 is 1.19 bits per heavy atom. The molecule has 0 radical (unpaired) electrons. The molecule has 0 fully saturated rings. The van der Waals surface area contributed by atoms with E-state index in [2.05, 4.69) is 19.9 Å². The molecule has 0 aliphatic heterocycles. The van der Waals surface area contributed by atoms with Crippen molar-refractivity contribution in [2.45, 2.75) is 47.9 Å². The van der Waals surface area contributed by atoms with Crippen molar-refractivity contribution >= 4 is 44.2 Å². The number of sulfone groups is 1. The highest BCUT2D eigenvalue weighted by Crippen LogP contribution is 2.53. The molecular weight excluding hydrogens is 547 g/mol. The fourth-order valence-electron chi connectivity index (χ4n) is 4.90. The average molecular weight is 569 g/mol. The fourth-order valence-corrected chi connectivity index (χ4v) is 8.79. The number of aromatic amines is 2. The topological polar surface area (TPSA) is 178 Å². The Hall–Kier alpha value is -3.29. The third kappa shape index (κ3) is 3.59. The fraction of sp³-hybridized carbons (Fsp3) is 0.364. The van der Waals surface area contributed by atoms with E-state index < -0.39 is 51.3 Å². The maximum atomic E-state index is 14.7. The summed E-state index contributed by atoms with van der Waals surface area (Å²) in [5.41, 5.74) is -0.655. The molecule has 4 rings (SSSR count). The molecule has 0 aromatic carbocycles. The summed E-state index contributed by atoms with van der Waals surface area (Å²) < 4.78 is 25.6. The summed E-state index contributed by atoms with van der Waals surface area (Å²) >= 11 is 13.3. The van der Waals surface area contributed by atoms with Crippen LogP contribution >= 0.6 is 23.2 Å². The molecule has 2 aliphatic carbocycles. The van der Waals surface area contributed by atoms with E-state index in [1.807, 2.05) is 0 Å². The van der Waals surface area contributed by atoms with Crippen LogP contribution in [-0.4, -0.2) is 58.4 Å². The zero-order valence-electron chi connectivity index (χ0n) is 20.0. The molecule has 2 aromatic rings. The van der Waals surface area contributed by atoms with Gasteiger partial charge in [0.2, 0.25) is 0 Å². The molecule has 0 saturated carbocycles. The highest BCUT2D eigenvalue weighted by Gasteiger charge is 2.63. The minimum atomic E-state index is -4.52. The van der Waals surface area contributed by atoms with Crippen molar-refractivity contribution in [3.05, 3.63) is 91.4 Å². The Balaban J connectivity index is 2.03. The molecule has 0 bridgehead atoms. The summed E-state index contributed by atoms with van der Waals surface area (Å²) in [4.78, 5) is 36.3. The van der Waals surface area contributed by atoms with E-state index in [0.717, 1.165) is 12.2 Å². The summed E-state index contributed by atoms with van der Waals surface area (Å²) in [6, 6.07) is 0. The number of hydrogen-bond acceptors (Lipinski definition) is 8. The standard InChI is InChI=1S/C22H22Cl2N6O6S/c1-11-17(19-25-5-6-26-19)13(29(31)32)9-15(23)21(11,3)37(35,36)22(4)12(2)18(20-27-7-8-28-20)14(30(33)34)10-16(22)24/h5-10,15-16H,1-4H3,(H,25,26)(H,27,28)/t15-,16+,21-,22-/m1/s1. The van der Waals surface area contributed by atoms with Gasteiger partial charge < -0.3 is 9.97 Å². The third-order valence-corrected chi connectivity index (χ3v) is 12.1. The first-order valence-corrected chi connectivity index (χ1v) is 13.2. The molecule has 2 aliphatic rings. The number of rotatable bonds is 6. The summed E-state index contributed by atoms with van der Waals surface area (Å²) in [5.74, 6) is 0.196. The number of nitrogens with zero attached hydrogens (tertiary/aromatic N) is 4. The summed E-state index contributed by atoms with van der Waals surface area (Å²) in [7, 11) is -4.52. The van der Waals surface area contributed by atoms with Crippen LogP contribution in [0.5, 0.6) is 0 Å². The SMILES string of the molecule is CC1=C(c2ncc[nH]2)C([N+](=O)[O-])=C[C@@H](Cl)[C@]1(C)S(=O)(=O)[C@]1(C)C(C)=C(c2ncc[nH]2)C([N+](=O)[O-])=C[C@@H]1Cl. The highest BCUT2D eigenvalue weighted by atomic mass is 35.5. The van der Waals surface area contributed by atoms with Gasteiger partial charge in [0, 0.05) is 36.9 Å². The zero-order chi connectivity index (χ0) is 27.5. The predicted molar refractivity (Wildman–Crippen MR) is 138 cm³/mol. The number of halogens is 2. The van der Waals surface area contributed by atoms with Gasteiger partial charge in [-0.1, -0.05) is 0 Å². The van der Waals surface area contributed by atoms with Gasteiger partial charge in [0.25, 0.3) is 11.4 Å². The molecular formula is C22H22Cl2N6O6S. The van der Waals surface area contributed by atoms with E-state index in [0.29, 0.717) is 0 Å². The second-order valence-electron chi connectivity index (χ2n) is 9.01. The van der Waals surface area contributed by atoms with Gasteiger partial charge in [-0.25, -0.2) is 18.4 Å². The van der Waals surface area contributed by atoms with Crippen molar-refractivity contribution in [3.63, 3.8) is 0 Å². The van der Waals surface area contributed by atoms with E-state index >= 15 is 0 Å². The predicted octanol–water partition coefficient (Wildman–Crippen LogP) is 3.88. The van der Waals surface area contributed by atoms with Crippen molar-refractivity contribution in [3.8, 4) is 0 Å². The minimum Gasteiger partial charge on any atom is -0.344 e. The number of aromatic nitrogens is 4.